The van der Waals surface area contributed by atoms with Gasteiger partial charge in [-0.05, 0) is 30.2 Å². The lowest BCUT2D eigenvalue weighted by molar-refractivity contribution is 0.0692. The first-order valence-electron chi connectivity index (χ1n) is 6.54. The minimum atomic E-state index is -0.914. The molecule has 104 valence electrons. The Morgan fingerprint density at radius 2 is 1.95 bits per heavy atom. The van der Waals surface area contributed by atoms with Crippen molar-refractivity contribution in [2.24, 2.45) is 0 Å². The van der Waals surface area contributed by atoms with E-state index >= 15 is 0 Å². The molecule has 0 aromatic heterocycles. The molecule has 0 heterocycles. The Labute approximate surface area is 118 Å². The lowest BCUT2D eigenvalue weighted by Crippen LogP contribution is -2.05. The van der Waals surface area contributed by atoms with Crippen LogP contribution in [0, 0.1) is 0 Å². The molecule has 0 saturated carbocycles. The van der Waals surface area contributed by atoms with E-state index in [1.165, 1.54) is 5.57 Å². The van der Waals surface area contributed by atoms with Crippen LogP contribution in [-0.2, 0) is 11.3 Å². The zero-order valence-corrected chi connectivity index (χ0v) is 11.7. The molecule has 0 aliphatic rings. The minimum Gasteiger partial charge on any atom is -0.478 e. The highest BCUT2D eigenvalue weighted by molar-refractivity contribution is 6.05. The van der Waals surface area contributed by atoms with Crippen molar-refractivity contribution in [3.05, 3.63) is 59.2 Å². The molecule has 0 spiro atoms. The van der Waals surface area contributed by atoms with Gasteiger partial charge in [-0.1, -0.05) is 48.0 Å². The maximum atomic E-state index is 11.5. The van der Waals surface area contributed by atoms with E-state index in [-0.39, 0.29) is 0 Å². The highest BCUT2D eigenvalue weighted by Gasteiger charge is 2.14. The minimum absolute atomic E-state index is 0.302. The van der Waals surface area contributed by atoms with Gasteiger partial charge in [-0.15, -0.1) is 0 Å². The van der Waals surface area contributed by atoms with Gasteiger partial charge in [0.25, 0.3) is 0 Å². The van der Waals surface area contributed by atoms with Gasteiger partial charge in [0.2, 0.25) is 0 Å². The van der Waals surface area contributed by atoms with Crippen molar-refractivity contribution in [3.63, 3.8) is 0 Å². The molecule has 20 heavy (non-hydrogen) atoms. The van der Waals surface area contributed by atoms with Crippen molar-refractivity contribution in [1.82, 2.24) is 0 Å². The second-order valence-electron chi connectivity index (χ2n) is 4.92. The van der Waals surface area contributed by atoms with Crippen LogP contribution in [-0.4, -0.2) is 17.7 Å². The van der Waals surface area contributed by atoms with Gasteiger partial charge < -0.3 is 9.84 Å². The van der Waals surface area contributed by atoms with Crippen molar-refractivity contribution >= 4 is 16.7 Å². The van der Waals surface area contributed by atoms with E-state index in [1.54, 1.807) is 0 Å². The van der Waals surface area contributed by atoms with Gasteiger partial charge in [-0.3, -0.25) is 0 Å². The van der Waals surface area contributed by atoms with Crippen molar-refractivity contribution in [2.45, 2.75) is 20.5 Å². The third-order valence-electron chi connectivity index (χ3n) is 3.10. The first-order valence-corrected chi connectivity index (χ1v) is 6.54. The zero-order valence-electron chi connectivity index (χ0n) is 11.7. The molecule has 3 nitrogen and oxygen atoms in total. The van der Waals surface area contributed by atoms with Crippen LogP contribution in [0.4, 0.5) is 0 Å². The van der Waals surface area contributed by atoms with Gasteiger partial charge in [0.15, 0.2) is 0 Å². The molecule has 2 aromatic carbocycles. The summed E-state index contributed by atoms with van der Waals surface area (Å²) in [5.74, 6) is -0.914. The number of fused-ring (bicyclic) bond motifs is 1. The number of rotatable bonds is 5. The number of ether oxygens (including phenoxy) is 1. The Hall–Kier alpha value is -2.13. The molecule has 0 radical (unpaired) electrons. The molecular formula is C17H18O3. The van der Waals surface area contributed by atoms with Crippen LogP contribution in [0.3, 0.4) is 0 Å². The van der Waals surface area contributed by atoms with Crippen molar-refractivity contribution in [1.29, 1.82) is 0 Å². The maximum absolute atomic E-state index is 11.5. The summed E-state index contributed by atoms with van der Waals surface area (Å²) in [7, 11) is 0. The summed E-state index contributed by atoms with van der Waals surface area (Å²) in [6.07, 6.45) is 1.97. The zero-order chi connectivity index (χ0) is 14.5. The van der Waals surface area contributed by atoms with Gasteiger partial charge in [-0.2, -0.15) is 0 Å². The molecule has 0 aliphatic carbocycles. The summed E-state index contributed by atoms with van der Waals surface area (Å²) < 4.78 is 5.53. The van der Waals surface area contributed by atoms with E-state index in [1.807, 2.05) is 56.3 Å². The van der Waals surface area contributed by atoms with E-state index < -0.39 is 5.97 Å². The topological polar surface area (TPSA) is 46.5 Å². The Kier molecular flexibility index (Phi) is 4.53. The van der Waals surface area contributed by atoms with Crippen LogP contribution in [0.15, 0.2) is 48.0 Å². The lowest BCUT2D eigenvalue weighted by Gasteiger charge is -2.10. The molecule has 2 aromatic rings. The summed E-state index contributed by atoms with van der Waals surface area (Å²) in [4.78, 5) is 11.5. The number of aromatic carboxylic acids is 1. The van der Waals surface area contributed by atoms with Crippen LogP contribution in [0.1, 0.15) is 29.8 Å². The van der Waals surface area contributed by atoms with Gasteiger partial charge in [-0.25, -0.2) is 4.79 Å². The van der Waals surface area contributed by atoms with E-state index in [2.05, 4.69) is 0 Å². The molecular weight excluding hydrogens is 252 g/mol. The number of carboxylic acid groups (broad SMARTS) is 1. The highest BCUT2D eigenvalue weighted by atomic mass is 16.5. The second-order valence-corrected chi connectivity index (χ2v) is 4.92. The largest absolute Gasteiger partial charge is 0.478 e. The van der Waals surface area contributed by atoms with Crippen molar-refractivity contribution in [3.8, 4) is 0 Å². The molecule has 0 bridgehead atoms. The quantitative estimate of drug-likeness (QED) is 0.659. The maximum Gasteiger partial charge on any atom is 0.336 e. The van der Waals surface area contributed by atoms with Gasteiger partial charge >= 0.3 is 5.97 Å². The summed E-state index contributed by atoms with van der Waals surface area (Å²) in [6, 6.07) is 11.3. The fourth-order valence-corrected chi connectivity index (χ4v) is 2.08. The molecule has 0 fully saturated rings. The molecule has 1 N–H and O–H groups in total. The van der Waals surface area contributed by atoms with Crippen LogP contribution < -0.4 is 0 Å². The van der Waals surface area contributed by atoms with Gasteiger partial charge in [0, 0.05) is 0 Å². The molecule has 0 saturated heterocycles. The number of hydrogen-bond donors (Lipinski definition) is 1. The predicted octanol–water partition coefficient (Wildman–Crippen LogP) is 4.02. The Bertz CT molecular complexity index is 652. The Balaban J connectivity index is 2.31. The number of carboxylic acids is 1. The first kappa shape index (κ1) is 14.3. The number of carbonyl (C=O) groups is 1. The second kappa shape index (κ2) is 6.35. The number of allylic oxidation sites excluding steroid dienone is 1. The molecule has 0 unspecified atom stereocenters. The summed E-state index contributed by atoms with van der Waals surface area (Å²) >= 11 is 0. The average molecular weight is 270 g/mol. The Morgan fingerprint density at radius 1 is 1.20 bits per heavy atom. The number of hydrogen-bond acceptors (Lipinski definition) is 2. The molecule has 3 heteroatoms. The monoisotopic (exact) mass is 270 g/mol. The number of benzene rings is 2. The third kappa shape index (κ3) is 3.25. The third-order valence-corrected chi connectivity index (χ3v) is 3.10. The van der Waals surface area contributed by atoms with Crippen LogP contribution in [0.5, 0.6) is 0 Å². The standard InChI is InChI=1S/C17H18O3/c1-12(2)9-10-20-11-14-8-7-13-5-3-4-6-15(13)16(14)17(18)19/h3-9H,10-11H2,1-2H3,(H,18,19). The molecule has 2 rings (SSSR count). The van der Waals surface area contributed by atoms with E-state index in [0.29, 0.717) is 24.3 Å². The SMILES string of the molecule is CC(C)=CCOCc1ccc2ccccc2c1C(=O)O. The summed E-state index contributed by atoms with van der Waals surface area (Å²) in [5, 5.41) is 11.1. The highest BCUT2D eigenvalue weighted by Crippen LogP contribution is 2.23. The molecule has 0 atom stereocenters. The van der Waals surface area contributed by atoms with Crippen molar-refractivity contribution < 1.29 is 14.6 Å². The van der Waals surface area contributed by atoms with Crippen molar-refractivity contribution in [2.75, 3.05) is 6.61 Å². The van der Waals surface area contributed by atoms with Crippen LogP contribution >= 0.6 is 0 Å². The van der Waals surface area contributed by atoms with E-state index in [9.17, 15) is 9.90 Å². The smallest absolute Gasteiger partial charge is 0.336 e. The lowest BCUT2D eigenvalue weighted by atomic mass is 9.99. The first-order chi connectivity index (χ1) is 9.59. The summed E-state index contributed by atoms with van der Waals surface area (Å²) in [6.45, 7) is 4.80. The Morgan fingerprint density at radius 3 is 2.65 bits per heavy atom. The van der Waals surface area contributed by atoms with Crippen LogP contribution in [0.2, 0.25) is 0 Å². The molecule has 0 amide bonds. The fourth-order valence-electron chi connectivity index (χ4n) is 2.08. The fraction of sp³-hybridized carbons (Fsp3) is 0.235. The normalized spacial score (nSPS) is 10.5. The van der Waals surface area contributed by atoms with Gasteiger partial charge in [0.05, 0.1) is 18.8 Å². The molecule has 0 aliphatic heterocycles. The predicted molar refractivity (Wildman–Crippen MR) is 80.0 cm³/mol. The summed E-state index contributed by atoms with van der Waals surface area (Å²) in [5.41, 5.74) is 2.22. The van der Waals surface area contributed by atoms with E-state index in [4.69, 9.17) is 4.74 Å². The average Bonchev–Trinajstić information content (AvgIpc) is 2.42. The van der Waals surface area contributed by atoms with Crippen LogP contribution in [0.25, 0.3) is 10.8 Å². The van der Waals surface area contributed by atoms with Gasteiger partial charge in [0.1, 0.15) is 0 Å². The van der Waals surface area contributed by atoms with E-state index in [0.717, 1.165) is 10.8 Å².